The maximum absolute atomic E-state index is 12.2. The smallest absolute Gasteiger partial charge is 0.314 e. The van der Waals surface area contributed by atoms with Crippen LogP contribution in [0.2, 0.25) is 0 Å². The first-order valence-electron chi connectivity index (χ1n) is 8.10. The summed E-state index contributed by atoms with van der Waals surface area (Å²) in [6.07, 6.45) is 9.24. The number of ether oxygens (including phenoxy) is 1. The van der Waals surface area contributed by atoms with Crippen LogP contribution in [0.5, 0.6) is 5.75 Å². The Hall–Kier alpha value is -2.08. The largest absolute Gasteiger partial charge is 0.426 e. The summed E-state index contributed by atoms with van der Waals surface area (Å²) in [5.74, 6) is 0.932. The first-order chi connectivity index (χ1) is 10.7. The first-order valence-corrected chi connectivity index (χ1v) is 8.10. The minimum Gasteiger partial charge on any atom is -0.426 e. The average Bonchev–Trinajstić information content (AvgIpc) is 2.55. The number of carbonyl (C=O) groups excluding carboxylic acids is 1. The van der Waals surface area contributed by atoms with Gasteiger partial charge in [-0.3, -0.25) is 4.79 Å². The molecule has 22 heavy (non-hydrogen) atoms. The van der Waals surface area contributed by atoms with E-state index in [4.69, 9.17) is 10.00 Å². The standard InChI is InChI=1S/C19H23NO2/c1-2-4-15-8-12-18(13-9-15)22-19(21)17-10-6-16(7-11-17)5-3-14-20/h3,5,8-9,12-13,16-17H,2,4,6-7,10-11H2,1H3/b5-3+. The molecule has 0 aromatic heterocycles. The minimum atomic E-state index is -0.119. The molecule has 0 unspecified atom stereocenters. The zero-order valence-electron chi connectivity index (χ0n) is 13.1. The molecule has 116 valence electrons. The SMILES string of the molecule is CCCc1ccc(OC(=O)C2CCC(/C=C/C#N)CC2)cc1. The number of nitriles is 1. The van der Waals surface area contributed by atoms with E-state index in [-0.39, 0.29) is 11.9 Å². The molecule has 0 amide bonds. The zero-order valence-corrected chi connectivity index (χ0v) is 13.1. The van der Waals surface area contributed by atoms with E-state index < -0.39 is 0 Å². The molecule has 0 N–H and O–H groups in total. The highest BCUT2D eigenvalue weighted by Crippen LogP contribution is 2.30. The van der Waals surface area contributed by atoms with Gasteiger partial charge >= 0.3 is 5.97 Å². The van der Waals surface area contributed by atoms with Crippen molar-refractivity contribution >= 4 is 5.97 Å². The van der Waals surface area contributed by atoms with Gasteiger partial charge in [0.2, 0.25) is 0 Å². The third-order valence-corrected chi connectivity index (χ3v) is 4.23. The number of hydrogen-bond donors (Lipinski definition) is 0. The molecular weight excluding hydrogens is 274 g/mol. The van der Waals surface area contributed by atoms with Gasteiger partial charge in [-0.05, 0) is 55.7 Å². The van der Waals surface area contributed by atoms with E-state index >= 15 is 0 Å². The van der Waals surface area contributed by atoms with Gasteiger partial charge < -0.3 is 4.74 Å². The summed E-state index contributed by atoms with van der Waals surface area (Å²) < 4.78 is 5.49. The summed E-state index contributed by atoms with van der Waals surface area (Å²) in [4.78, 5) is 12.2. The van der Waals surface area contributed by atoms with Crippen LogP contribution in [-0.4, -0.2) is 5.97 Å². The molecule has 1 saturated carbocycles. The van der Waals surface area contributed by atoms with Gasteiger partial charge in [0, 0.05) is 6.08 Å². The van der Waals surface area contributed by atoms with Crippen molar-refractivity contribution in [1.82, 2.24) is 0 Å². The van der Waals surface area contributed by atoms with E-state index in [1.54, 1.807) is 6.08 Å². The minimum absolute atomic E-state index is 0.0120. The lowest BCUT2D eigenvalue weighted by Gasteiger charge is -2.25. The van der Waals surface area contributed by atoms with E-state index in [1.165, 1.54) is 5.56 Å². The maximum Gasteiger partial charge on any atom is 0.314 e. The molecule has 1 aromatic rings. The second-order valence-electron chi connectivity index (χ2n) is 5.91. The van der Waals surface area contributed by atoms with Gasteiger partial charge in [0.25, 0.3) is 0 Å². The van der Waals surface area contributed by atoms with E-state index in [0.717, 1.165) is 38.5 Å². The second kappa shape index (κ2) is 8.38. The summed E-state index contributed by atoms with van der Waals surface area (Å²) in [6.45, 7) is 2.15. The van der Waals surface area contributed by atoms with Crippen LogP contribution in [0.25, 0.3) is 0 Å². The van der Waals surface area contributed by atoms with Gasteiger partial charge in [-0.15, -0.1) is 0 Å². The molecule has 3 heteroatoms. The Morgan fingerprint density at radius 3 is 2.55 bits per heavy atom. The third kappa shape index (κ3) is 4.73. The number of hydrogen-bond acceptors (Lipinski definition) is 3. The van der Waals surface area contributed by atoms with Crippen molar-refractivity contribution in [3.63, 3.8) is 0 Å². The lowest BCUT2D eigenvalue weighted by Crippen LogP contribution is -2.25. The van der Waals surface area contributed by atoms with Crippen molar-refractivity contribution < 1.29 is 9.53 Å². The summed E-state index contributed by atoms with van der Waals surface area (Å²) >= 11 is 0. The maximum atomic E-state index is 12.2. The zero-order chi connectivity index (χ0) is 15.8. The second-order valence-corrected chi connectivity index (χ2v) is 5.91. The van der Waals surface area contributed by atoms with Crippen molar-refractivity contribution in [2.75, 3.05) is 0 Å². The van der Waals surface area contributed by atoms with Crippen LogP contribution in [0, 0.1) is 23.2 Å². The Bertz CT molecular complexity index is 546. The van der Waals surface area contributed by atoms with Crippen molar-refractivity contribution in [2.45, 2.75) is 45.4 Å². The Balaban J connectivity index is 1.83. The molecule has 1 aromatic carbocycles. The molecule has 0 bridgehead atoms. The van der Waals surface area contributed by atoms with Gasteiger partial charge in [0.1, 0.15) is 5.75 Å². The molecule has 1 aliphatic rings. The fourth-order valence-corrected chi connectivity index (χ4v) is 2.94. The molecule has 0 heterocycles. The summed E-state index contributed by atoms with van der Waals surface area (Å²) in [6, 6.07) is 9.83. The van der Waals surface area contributed by atoms with Gasteiger partial charge in [-0.1, -0.05) is 31.6 Å². The lowest BCUT2D eigenvalue weighted by molar-refractivity contribution is -0.140. The molecule has 0 atom stereocenters. The van der Waals surface area contributed by atoms with Crippen LogP contribution in [0.15, 0.2) is 36.4 Å². The number of carbonyl (C=O) groups is 1. The van der Waals surface area contributed by atoms with Crippen LogP contribution in [0.3, 0.4) is 0 Å². The number of benzene rings is 1. The molecular formula is C19H23NO2. The Morgan fingerprint density at radius 2 is 1.95 bits per heavy atom. The summed E-state index contributed by atoms with van der Waals surface area (Å²) in [5, 5.41) is 8.54. The van der Waals surface area contributed by atoms with E-state index in [9.17, 15) is 4.79 Å². The van der Waals surface area contributed by atoms with Gasteiger partial charge in [-0.2, -0.15) is 5.26 Å². The topological polar surface area (TPSA) is 50.1 Å². The molecule has 0 radical (unpaired) electrons. The van der Waals surface area contributed by atoms with Gasteiger partial charge in [0.05, 0.1) is 12.0 Å². The van der Waals surface area contributed by atoms with Crippen LogP contribution in [0.4, 0.5) is 0 Å². The molecule has 2 rings (SSSR count). The predicted molar refractivity (Wildman–Crippen MR) is 86.3 cm³/mol. The summed E-state index contributed by atoms with van der Waals surface area (Å²) in [5.41, 5.74) is 1.27. The monoisotopic (exact) mass is 297 g/mol. The Kier molecular flexibility index (Phi) is 6.21. The van der Waals surface area contributed by atoms with Crippen LogP contribution < -0.4 is 4.74 Å². The van der Waals surface area contributed by atoms with Crippen molar-refractivity contribution in [1.29, 1.82) is 5.26 Å². The van der Waals surface area contributed by atoms with Crippen LogP contribution in [-0.2, 0) is 11.2 Å². The van der Waals surface area contributed by atoms with E-state index in [1.807, 2.05) is 36.4 Å². The van der Waals surface area contributed by atoms with Crippen molar-refractivity contribution in [3.05, 3.63) is 42.0 Å². The van der Waals surface area contributed by atoms with Crippen LogP contribution >= 0.6 is 0 Å². The number of allylic oxidation sites excluding steroid dienone is 2. The lowest BCUT2D eigenvalue weighted by atomic mass is 9.82. The molecule has 1 fully saturated rings. The Labute approximate surface area is 132 Å². The van der Waals surface area contributed by atoms with Gasteiger partial charge in [-0.25, -0.2) is 0 Å². The molecule has 3 nitrogen and oxygen atoms in total. The van der Waals surface area contributed by atoms with E-state index in [0.29, 0.717) is 11.7 Å². The highest BCUT2D eigenvalue weighted by atomic mass is 16.5. The van der Waals surface area contributed by atoms with Crippen molar-refractivity contribution in [2.24, 2.45) is 11.8 Å². The normalized spacial score (nSPS) is 21.5. The van der Waals surface area contributed by atoms with Gasteiger partial charge in [0.15, 0.2) is 0 Å². The van der Waals surface area contributed by atoms with E-state index in [2.05, 4.69) is 6.92 Å². The highest BCUT2D eigenvalue weighted by Gasteiger charge is 2.26. The number of rotatable bonds is 5. The molecule has 1 aliphatic carbocycles. The molecule has 0 aliphatic heterocycles. The highest BCUT2D eigenvalue weighted by molar-refractivity contribution is 5.75. The first kappa shape index (κ1) is 16.3. The number of aryl methyl sites for hydroxylation is 1. The number of nitrogens with zero attached hydrogens (tertiary/aromatic N) is 1. The average molecular weight is 297 g/mol. The summed E-state index contributed by atoms with van der Waals surface area (Å²) in [7, 11) is 0. The fourth-order valence-electron chi connectivity index (χ4n) is 2.94. The number of esters is 1. The quantitative estimate of drug-likeness (QED) is 0.459. The molecule has 0 spiro atoms. The predicted octanol–water partition coefficient (Wildman–Crippen LogP) is 4.43. The molecule has 0 saturated heterocycles. The van der Waals surface area contributed by atoms with Crippen molar-refractivity contribution in [3.8, 4) is 11.8 Å². The fraction of sp³-hybridized carbons (Fsp3) is 0.474. The van der Waals surface area contributed by atoms with Crippen LogP contribution in [0.1, 0.15) is 44.6 Å². The Morgan fingerprint density at radius 1 is 1.27 bits per heavy atom. The third-order valence-electron chi connectivity index (χ3n) is 4.23.